The van der Waals surface area contributed by atoms with Crippen molar-refractivity contribution in [2.45, 2.75) is 25.8 Å². The lowest BCUT2D eigenvalue weighted by molar-refractivity contribution is -0.131. The van der Waals surface area contributed by atoms with E-state index < -0.39 is 0 Å². The number of thiazole rings is 1. The molecule has 2 fully saturated rings. The molecule has 1 aromatic rings. The summed E-state index contributed by atoms with van der Waals surface area (Å²) < 4.78 is 0. The van der Waals surface area contributed by atoms with Crippen molar-refractivity contribution in [1.82, 2.24) is 20.5 Å². The average Bonchev–Trinajstić information content (AvgIpc) is 2.96. The number of nitrogens with one attached hydrogen (secondary N) is 2. The molecule has 3 heterocycles. The maximum absolute atomic E-state index is 12.3. The Morgan fingerprint density at radius 1 is 1.45 bits per heavy atom. The Morgan fingerprint density at radius 3 is 3.09 bits per heavy atom. The zero-order valence-electron chi connectivity index (χ0n) is 12.7. The third-order valence-corrected chi connectivity index (χ3v) is 4.82. The number of piperazine rings is 1. The molecule has 0 unspecified atom stereocenters. The van der Waals surface area contributed by atoms with Crippen molar-refractivity contribution < 1.29 is 9.59 Å². The molecule has 7 nitrogen and oxygen atoms in total. The lowest BCUT2D eigenvalue weighted by atomic mass is 10.2. The third kappa shape index (κ3) is 3.38. The van der Waals surface area contributed by atoms with Crippen LogP contribution < -0.4 is 15.5 Å². The lowest BCUT2D eigenvalue weighted by Gasteiger charge is -2.31. The zero-order chi connectivity index (χ0) is 15.5. The molecule has 3 amide bonds. The molecule has 0 bridgehead atoms. The molecule has 0 radical (unpaired) electrons. The van der Waals surface area contributed by atoms with Gasteiger partial charge in [-0.05, 0) is 13.3 Å². The number of hydrogen-bond donors (Lipinski definition) is 2. The number of aromatic nitrogens is 1. The Morgan fingerprint density at radius 2 is 2.32 bits per heavy atom. The van der Waals surface area contributed by atoms with Crippen molar-refractivity contribution in [3.05, 3.63) is 11.1 Å². The fourth-order valence-electron chi connectivity index (χ4n) is 2.74. The van der Waals surface area contributed by atoms with Gasteiger partial charge >= 0.3 is 6.03 Å². The molecule has 8 heteroatoms. The van der Waals surface area contributed by atoms with Gasteiger partial charge in [-0.15, -0.1) is 11.3 Å². The van der Waals surface area contributed by atoms with Crippen LogP contribution in [0.5, 0.6) is 0 Å². The molecule has 3 rings (SSSR count). The van der Waals surface area contributed by atoms with Crippen LogP contribution >= 0.6 is 11.3 Å². The Bertz CT molecular complexity index is 561. The monoisotopic (exact) mass is 323 g/mol. The van der Waals surface area contributed by atoms with E-state index in [4.69, 9.17) is 0 Å². The number of amides is 3. The zero-order valence-corrected chi connectivity index (χ0v) is 13.5. The predicted octanol–water partition coefficient (Wildman–Crippen LogP) is 0.426. The van der Waals surface area contributed by atoms with Crippen LogP contribution in [0.15, 0.2) is 5.38 Å². The second-order valence-electron chi connectivity index (χ2n) is 5.73. The van der Waals surface area contributed by atoms with Gasteiger partial charge < -0.3 is 15.5 Å². The highest BCUT2D eigenvalue weighted by atomic mass is 32.1. The Labute approximate surface area is 133 Å². The van der Waals surface area contributed by atoms with E-state index in [1.807, 2.05) is 10.3 Å². The van der Waals surface area contributed by atoms with Crippen LogP contribution in [0.1, 0.15) is 19.0 Å². The van der Waals surface area contributed by atoms with E-state index >= 15 is 0 Å². The third-order valence-electron chi connectivity index (χ3n) is 3.90. The first-order chi connectivity index (χ1) is 10.6. The van der Waals surface area contributed by atoms with Gasteiger partial charge in [-0.3, -0.25) is 9.69 Å². The van der Waals surface area contributed by atoms with Crippen LogP contribution in [0.4, 0.5) is 9.93 Å². The summed E-state index contributed by atoms with van der Waals surface area (Å²) in [7, 11) is 0. The molecule has 2 saturated heterocycles. The van der Waals surface area contributed by atoms with E-state index in [-0.39, 0.29) is 11.9 Å². The van der Waals surface area contributed by atoms with Gasteiger partial charge in [-0.1, -0.05) is 0 Å². The van der Waals surface area contributed by atoms with Gasteiger partial charge in [0.15, 0.2) is 5.13 Å². The summed E-state index contributed by atoms with van der Waals surface area (Å²) in [5.74, 6) is 0.105. The minimum Gasteiger partial charge on any atom is -0.340 e. The van der Waals surface area contributed by atoms with Gasteiger partial charge in [0.25, 0.3) is 0 Å². The molecule has 0 aromatic carbocycles. The molecule has 22 heavy (non-hydrogen) atoms. The van der Waals surface area contributed by atoms with Gasteiger partial charge in [-0.25, -0.2) is 9.78 Å². The summed E-state index contributed by atoms with van der Waals surface area (Å²) in [6.45, 7) is 5.80. The van der Waals surface area contributed by atoms with Crippen LogP contribution in [0.3, 0.4) is 0 Å². The van der Waals surface area contributed by atoms with Gasteiger partial charge in [-0.2, -0.15) is 0 Å². The van der Waals surface area contributed by atoms with E-state index in [0.717, 1.165) is 31.7 Å². The minimum atomic E-state index is -0.102. The molecule has 0 aliphatic carbocycles. The average molecular weight is 323 g/mol. The topological polar surface area (TPSA) is 77.6 Å². The van der Waals surface area contributed by atoms with Crippen molar-refractivity contribution in [3.63, 3.8) is 0 Å². The number of carbonyl (C=O) groups excluding carboxylic acids is 2. The van der Waals surface area contributed by atoms with Crippen molar-refractivity contribution >= 4 is 28.4 Å². The van der Waals surface area contributed by atoms with Crippen LogP contribution in [-0.4, -0.2) is 60.6 Å². The quantitative estimate of drug-likeness (QED) is 0.845. The molecule has 120 valence electrons. The van der Waals surface area contributed by atoms with Crippen LogP contribution in [0, 0.1) is 0 Å². The smallest absolute Gasteiger partial charge is 0.323 e. The van der Waals surface area contributed by atoms with Crippen LogP contribution in [0.25, 0.3) is 0 Å². The number of nitrogens with zero attached hydrogens (tertiary/aromatic N) is 3. The summed E-state index contributed by atoms with van der Waals surface area (Å²) in [6, 6.07) is 0.232. The van der Waals surface area contributed by atoms with E-state index in [9.17, 15) is 9.59 Å². The van der Waals surface area contributed by atoms with Crippen molar-refractivity contribution in [1.29, 1.82) is 0 Å². The van der Waals surface area contributed by atoms with Gasteiger partial charge in [0.2, 0.25) is 5.91 Å². The normalized spacial score (nSPS) is 22.6. The Balaban J connectivity index is 1.61. The maximum atomic E-state index is 12.3. The summed E-state index contributed by atoms with van der Waals surface area (Å²) in [5, 5.41) is 8.68. The molecule has 1 aromatic heterocycles. The number of hydrogen-bond acceptors (Lipinski definition) is 5. The number of anilines is 1. The van der Waals surface area contributed by atoms with E-state index in [0.29, 0.717) is 30.7 Å². The summed E-state index contributed by atoms with van der Waals surface area (Å²) in [6.07, 6.45) is 1.22. The molecule has 0 saturated carbocycles. The molecule has 2 aliphatic rings. The molecule has 2 aliphatic heterocycles. The van der Waals surface area contributed by atoms with E-state index in [1.54, 1.807) is 4.90 Å². The van der Waals surface area contributed by atoms with Crippen molar-refractivity contribution in [3.8, 4) is 0 Å². The predicted molar refractivity (Wildman–Crippen MR) is 85.2 cm³/mol. The standard InChI is InChI=1S/C14H21N5O2S/c1-10-8-18(6-4-15-10)12(20)7-11-9-22-14(17-11)19-5-2-3-16-13(19)21/h9-10,15H,2-8H2,1H3,(H,16,21)/t10-/m0/s1. The fraction of sp³-hybridized carbons (Fsp3) is 0.643. The number of urea groups is 1. The van der Waals surface area contributed by atoms with Gasteiger partial charge in [0, 0.05) is 44.1 Å². The molecule has 2 N–H and O–H groups in total. The van der Waals surface area contributed by atoms with E-state index in [1.165, 1.54) is 11.3 Å². The second-order valence-corrected chi connectivity index (χ2v) is 6.57. The SMILES string of the molecule is C[C@H]1CN(C(=O)Cc2csc(N3CCCNC3=O)n2)CCN1. The van der Waals surface area contributed by atoms with Crippen LogP contribution in [0.2, 0.25) is 0 Å². The Kier molecular flexibility index (Phi) is 4.58. The van der Waals surface area contributed by atoms with Gasteiger partial charge in [0.05, 0.1) is 12.1 Å². The largest absolute Gasteiger partial charge is 0.340 e. The summed E-state index contributed by atoms with van der Waals surface area (Å²) in [4.78, 5) is 32.1. The molecular formula is C14H21N5O2S. The highest BCUT2D eigenvalue weighted by Gasteiger charge is 2.24. The van der Waals surface area contributed by atoms with E-state index in [2.05, 4.69) is 22.5 Å². The number of carbonyl (C=O) groups is 2. The summed E-state index contributed by atoms with van der Waals surface area (Å²) >= 11 is 1.42. The van der Waals surface area contributed by atoms with Crippen molar-refractivity contribution in [2.24, 2.45) is 0 Å². The van der Waals surface area contributed by atoms with Gasteiger partial charge in [0.1, 0.15) is 0 Å². The second kappa shape index (κ2) is 6.62. The first kappa shape index (κ1) is 15.2. The first-order valence-electron chi connectivity index (χ1n) is 7.64. The first-order valence-corrected chi connectivity index (χ1v) is 8.52. The van der Waals surface area contributed by atoms with Crippen LogP contribution in [-0.2, 0) is 11.2 Å². The Hall–Kier alpha value is -1.67. The number of rotatable bonds is 3. The highest BCUT2D eigenvalue weighted by Crippen LogP contribution is 2.22. The maximum Gasteiger partial charge on any atom is 0.323 e. The lowest BCUT2D eigenvalue weighted by Crippen LogP contribution is -2.51. The fourth-order valence-corrected chi connectivity index (χ4v) is 3.59. The minimum absolute atomic E-state index is 0.102. The van der Waals surface area contributed by atoms with Crippen molar-refractivity contribution in [2.75, 3.05) is 37.6 Å². The molecule has 1 atom stereocenters. The molecule has 0 spiro atoms. The molecular weight excluding hydrogens is 302 g/mol. The summed E-state index contributed by atoms with van der Waals surface area (Å²) in [5.41, 5.74) is 0.745. The highest BCUT2D eigenvalue weighted by molar-refractivity contribution is 7.14.